The Kier molecular flexibility index (Phi) is 0.317. The number of Topliss-reactive ketones (excluding diaryl/α,β-unsaturated/α-hetero) is 1. The van der Waals surface area contributed by atoms with Crippen LogP contribution >= 0.6 is 0 Å². The minimum atomic E-state index is -3.21. The minimum Gasteiger partial charge on any atom is -0.352 e. The zero-order chi connectivity index (χ0) is 13.5. The van der Waals surface area contributed by atoms with E-state index in [0.717, 1.165) is 0 Å². The molecule has 2 rings (SSSR count). The van der Waals surface area contributed by atoms with E-state index in [-0.39, 0.29) is 0 Å². The van der Waals surface area contributed by atoms with Crippen LogP contribution in [-0.2, 0) is 14.3 Å². The molecule has 3 nitrogen and oxygen atoms in total. The zero-order valence-electron chi connectivity index (χ0n) is 12.2. The van der Waals surface area contributed by atoms with E-state index in [4.69, 9.17) is 11.0 Å². The summed E-state index contributed by atoms with van der Waals surface area (Å²) in [6.45, 7) is -6.14. The summed E-state index contributed by atoms with van der Waals surface area (Å²) in [5.74, 6) is -4.78. The molecule has 0 unspecified atom stereocenters. The lowest BCUT2D eigenvalue weighted by atomic mass is 10.1. The fourth-order valence-electron chi connectivity index (χ4n) is 0.590. The van der Waals surface area contributed by atoms with Crippen LogP contribution < -0.4 is 0 Å². The van der Waals surface area contributed by atoms with E-state index >= 15 is 0 Å². The molecule has 0 radical (unpaired) electrons. The normalized spacial score (nSPS) is 87.8. The average Bonchev–Trinajstić information content (AvgIpc) is 2.28. The highest BCUT2D eigenvalue weighted by Gasteiger charge is 2.40. The van der Waals surface area contributed by atoms with Crippen molar-refractivity contribution in [2.24, 2.45) is 5.89 Å². The summed E-state index contributed by atoms with van der Waals surface area (Å²) in [6.07, 6.45) is -6.25. The lowest BCUT2D eigenvalue weighted by Gasteiger charge is -2.02. The molecule has 2 atom stereocenters. The van der Waals surface area contributed by atoms with Crippen LogP contribution in [0.1, 0.15) is 17.3 Å². The third-order valence-electron chi connectivity index (χ3n) is 0.987. The van der Waals surface area contributed by atoms with Crippen molar-refractivity contribution in [1.82, 2.24) is 0 Å². The van der Waals surface area contributed by atoms with Crippen LogP contribution in [-0.4, -0.2) is 25.2 Å². The Morgan fingerprint density at radius 3 is 3.44 bits per heavy atom. The van der Waals surface area contributed by atoms with E-state index in [1.165, 1.54) is 0 Å². The molecular formula is C6H8O3. The van der Waals surface area contributed by atoms with Crippen LogP contribution in [0, 0.1) is 5.89 Å². The minimum absolute atomic E-state index is 1.66. The lowest BCUT2D eigenvalue weighted by molar-refractivity contribution is -0.120. The number of hydrogen-bond acceptors (Lipinski definition) is 3. The highest BCUT2D eigenvalue weighted by atomic mass is 16.7. The molecule has 3 heteroatoms. The molecule has 0 saturated carbocycles. The van der Waals surface area contributed by atoms with Gasteiger partial charge in [0.25, 0.3) is 0 Å². The van der Waals surface area contributed by atoms with Crippen LogP contribution in [0.5, 0.6) is 0 Å². The van der Waals surface area contributed by atoms with E-state index in [1.807, 2.05) is 0 Å². The molecule has 50 valence electrons. The number of ether oxygens (including phenoxy) is 2. The van der Waals surface area contributed by atoms with Crippen molar-refractivity contribution in [2.75, 3.05) is 13.1 Å². The standard InChI is InChI=1S/C6H8O3/c7-5-3-9-6-4(5)1-2-8-6/h4,6H,1-3H2/t4-,6+/m0/s1/i1D2,2D2,3D2,4D,6D. The maximum absolute atomic E-state index is 11.6. The molecule has 2 heterocycles. The largest absolute Gasteiger partial charge is 0.352 e. The summed E-state index contributed by atoms with van der Waals surface area (Å²) in [4.78, 5) is 11.6. The van der Waals surface area contributed by atoms with Crippen molar-refractivity contribution < 1.29 is 25.2 Å². The Morgan fingerprint density at radius 1 is 1.78 bits per heavy atom. The third-order valence-corrected chi connectivity index (χ3v) is 0.987. The molecule has 0 bridgehead atoms. The lowest BCUT2D eigenvalue weighted by Crippen LogP contribution is -2.13. The first-order valence-corrected chi connectivity index (χ1v) is 2.27. The summed E-state index contributed by atoms with van der Waals surface area (Å²) in [7, 11) is 0. The molecule has 0 N–H and O–H groups in total. The van der Waals surface area contributed by atoms with Crippen molar-refractivity contribution >= 4 is 5.78 Å². The van der Waals surface area contributed by atoms with Gasteiger partial charge in [0.05, 0.1) is 19.3 Å². The second kappa shape index (κ2) is 1.78. The van der Waals surface area contributed by atoms with Gasteiger partial charge in [-0.2, -0.15) is 0 Å². The molecule has 2 aliphatic heterocycles. The van der Waals surface area contributed by atoms with E-state index in [2.05, 4.69) is 9.47 Å². The summed E-state index contributed by atoms with van der Waals surface area (Å²) in [6, 6.07) is 0. The molecular weight excluding hydrogens is 120 g/mol. The van der Waals surface area contributed by atoms with Crippen molar-refractivity contribution in [3.63, 3.8) is 0 Å². The Hall–Kier alpha value is -0.410. The highest BCUT2D eigenvalue weighted by Crippen LogP contribution is 2.27. The number of fused-ring (bicyclic) bond motifs is 1. The van der Waals surface area contributed by atoms with Gasteiger partial charge in [-0.1, -0.05) is 0 Å². The quantitative estimate of drug-likeness (QED) is 0.468. The average molecular weight is 136 g/mol. The van der Waals surface area contributed by atoms with Gasteiger partial charge in [-0.3, -0.25) is 4.79 Å². The van der Waals surface area contributed by atoms with Crippen molar-refractivity contribution in [1.29, 1.82) is 0 Å². The molecule has 2 aliphatic rings. The van der Waals surface area contributed by atoms with Gasteiger partial charge < -0.3 is 9.47 Å². The Morgan fingerprint density at radius 2 is 2.67 bits per heavy atom. The summed E-state index contributed by atoms with van der Waals surface area (Å²) >= 11 is 0. The fourth-order valence-corrected chi connectivity index (χ4v) is 0.590. The highest BCUT2D eigenvalue weighted by molar-refractivity contribution is 5.84. The van der Waals surface area contributed by atoms with Crippen LogP contribution in [0.4, 0.5) is 0 Å². The molecule has 0 amide bonds. The smallest absolute Gasteiger partial charge is 0.168 e. The second-order valence-corrected chi connectivity index (χ2v) is 1.52. The first-order valence-electron chi connectivity index (χ1n) is 6.27. The number of carbonyl (C=O) groups is 1. The number of carbonyl (C=O) groups excluding carboxylic acids is 1. The summed E-state index contributed by atoms with van der Waals surface area (Å²) < 4.78 is 67.4. The SMILES string of the molecule is [2H]C1([2H])O[C@@]2([2H])OC([2H])([2H])C([2H])([2H])[C@@]2([2H])C1=O. The predicted octanol–water partition coefficient (Wildman–Crippen LogP) is -0.0517. The van der Waals surface area contributed by atoms with Crippen LogP contribution in [0.15, 0.2) is 0 Å². The Labute approximate surface area is 64.2 Å². The van der Waals surface area contributed by atoms with E-state index in [0.29, 0.717) is 0 Å². The Bertz CT molecular complexity index is 408. The van der Waals surface area contributed by atoms with Crippen LogP contribution in [0.2, 0.25) is 0 Å². The molecule has 0 aromatic carbocycles. The predicted molar refractivity (Wildman–Crippen MR) is 28.8 cm³/mol. The van der Waals surface area contributed by atoms with Crippen molar-refractivity contribution in [3.8, 4) is 0 Å². The molecule has 0 aromatic rings. The monoisotopic (exact) mass is 136 g/mol. The molecule has 0 aromatic heterocycles. The molecule has 0 spiro atoms. The van der Waals surface area contributed by atoms with Gasteiger partial charge >= 0.3 is 0 Å². The van der Waals surface area contributed by atoms with Gasteiger partial charge in [0, 0.05) is 4.11 Å². The van der Waals surface area contributed by atoms with Crippen molar-refractivity contribution in [3.05, 3.63) is 0 Å². The van der Waals surface area contributed by atoms with Gasteiger partial charge in [-0.05, 0) is 6.37 Å². The second-order valence-electron chi connectivity index (χ2n) is 1.52. The topological polar surface area (TPSA) is 35.5 Å². The molecule has 0 aliphatic carbocycles. The number of ketones is 1. The van der Waals surface area contributed by atoms with Gasteiger partial charge in [0.15, 0.2) is 12.0 Å². The molecule has 2 fully saturated rings. The first kappa shape index (κ1) is 1.60. The molecule has 2 saturated heterocycles. The maximum Gasteiger partial charge on any atom is 0.168 e. The number of rotatable bonds is 0. The maximum atomic E-state index is 11.6. The summed E-state index contributed by atoms with van der Waals surface area (Å²) in [5, 5.41) is 0. The summed E-state index contributed by atoms with van der Waals surface area (Å²) in [5.41, 5.74) is 0. The Balaban J connectivity index is 2.66. The van der Waals surface area contributed by atoms with Gasteiger partial charge in [-0.25, -0.2) is 0 Å². The van der Waals surface area contributed by atoms with Gasteiger partial charge in [0.1, 0.15) is 6.56 Å². The van der Waals surface area contributed by atoms with Crippen molar-refractivity contribution in [2.45, 2.75) is 12.6 Å². The number of hydrogen-bond donors (Lipinski definition) is 0. The van der Waals surface area contributed by atoms with E-state index < -0.39 is 37.4 Å². The van der Waals surface area contributed by atoms with Crippen LogP contribution in [0.25, 0.3) is 0 Å². The molecule has 9 heavy (non-hydrogen) atoms. The van der Waals surface area contributed by atoms with Crippen LogP contribution in [0.3, 0.4) is 0 Å². The fraction of sp³-hybridized carbons (Fsp3) is 0.833. The zero-order valence-corrected chi connectivity index (χ0v) is 4.22. The first-order chi connectivity index (χ1) is 7.32. The van der Waals surface area contributed by atoms with E-state index in [9.17, 15) is 4.79 Å². The van der Waals surface area contributed by atoms with Gasteiger partial charge in [0.2, 0.25) is 0 Å². The van der Waals surface area contributed by atoms with E-state index in [1.54, 1.807) is 0 Å². The third kappa shape index (κ3) is 0.686. The van der Waals surface area contributed by atoms with Gasteiger partial charge in [-0.15, -0.1) is 0 Å².